The number of carbonyl (C=O) groups is 1. The zero-order valence-electron chi connectivity index (χ0n) is 8.42. The first-order valence-corrected chi connectivity index (χ1v) is 6.29. The summed E-state index contributed by atoms with van der Waals surface area (Å²) < 4.78 is 0. The van der Waals surface area contributed by atoms with Crippen molar-refractivity contribution in [2.75, 3.05) is 31.1 Å². The standard InChI is InChI=1S/C9H19N3OS/c10-3-1-2-4-12-9(13)8-7-14-6-5-11-8/h8,11H,1-7,10H2,(H,12,13). The molecule has 1 fully saturated rings. The maximum Gasteiger partial charge on any atom is 0.237 e. The van der Waals surface area contributed by atoms with Gasteiger partial charge in [-0.1, -0.05) is 0 Å². The van der Waals surface area contributed by atoms with Crippen molar-refractivity contribution in [2.24, 2.45) is 5.73 Å². The predicted molar refractivity (Wildman–Crippen MR) is 60.4 cm³/mol. The molecule has 1 aliphatic heterocycles. The van der Waals surface area contributed by atoms with Crippen molar-refractivity contribution in [3.63, 3.8) is 0 Å². The molecule has 1 saturated heterocycles. The van der Waals surface area contributed by atoms with Gasteiger partial charge in [-0.25, -0.2) is 0 Å². The fraction of sp³-hybridized carbons (Fsp3) is 0.889. The summed E-state index contributed by atoms with van der Waals surface area (Å²) in [5.74, 6) is 2.13. The highest BCUT2D eigenvalue weighted by molar-refractivity contribution is 7.99. The number of hydrogen-bond acceptors (Lipinski definition) is 4. The molecule has 1 amide bonds. The van der Waals surface area contributed by atoms with Crippen molar-refractivity contribution in [1.29, 1.82) is 0 Å². The third-order valence-electron chi connectivity index (χ3n) is 2.17. The second-order valence-corrected chi connectivity index (χ2v) is 4.52. The van der Waals surface area contributed by atoms with E-state index in [1.54, 1.807) is 0 Å². The molecule has 0 aromatic carbocycles. The molecule has 0 bridgehead atoms. The molecule has 14 heavy (non-hydrogen) atoms. The fourth-order valence-corrected chi connectivity index (χ4v) is 2.27. The average Bonchev–Trinajstić information content (AvgIpc) is 2.25. The minimum absolute atomic E-state index is 0.00614. The predicted octanol–water partition coefficient (Wildman–Crippen LogP) is -0.453. The summed E-state index contributed by atoms with van der Waals surface area (Å²) in [4.78, 5) is 11.5. The Labute approximate surface area is 89.4 Å². The highest BCUT2D eigenvalue weighted by Gasteiger charge is 2.19. The highest BCUT2D eigenvalue weighted by Crippen LogP contribution is 2.07. The van der Waals surface area contributed by atoms with Crippen LogP contribution in [-0.4, -0.2) is 43.1 Å². The first-order valence-electron chi connectivity index (χ1n) is 5.13. The summed E-state index contributed by atoms with van der Waals surface area (Å²) in [5.41, 5.74) is 5.36. The lowest BCUT2D eigenvalue weighted by Gasteiger charge is -2.22. The van der Waals surface area contributed by atoms with Gasteiger partial charge in [0.05, 0.1) is 6.04 Å². The largest absolute Gasteiger partial charge is 0.355 e. The summed E-state index contributed by atoms with van der Waals surface area (Å²) in [7, 11) is 0. The van der Waals surface area contributed by atoms with Crippen LogP contribution in [0.1, 0.15) is 12.8 Å². The van der Waals surface area contributed by atoms with E-state index in [4.69, 9.17) is 5.73 Å². The third kappa shape index (κ3) is 4.30. The molecule has 1 heterocycles. The second kappa shape index (κ2) is 7.09. The molecular formula is C9H19N3OS. The minimum Gasteiger partial charge on any atom is -0.355 e. The number of unbranched alkanes of at least 4 members (excludes halogenated alkanes) is 1. The monoisotopic (exact) mass is 217 g/mol. The van der Waals surface area contributed by atoms with Crippen molar-refractivity contribution < 1.29 is 4.79 Å². The number of nitrogens with two attached hydrogens (primary N) is 1. The van der Waals surface area contributed by atoms with E-state index in [1.807, 2.05) is 11.8 Å². The molecule has 1 aliphatic rings. The van der Waals surface area contributed by atoms with Gasteiger partial charge in [0.1, 0.15) is 0 Å². The van der Waals surface area contributed by atoms with Gasteiger partial charge in [-0.15, -0.1) is 0 Å². The van der Waals surface area contributed by atoms with Crippen molar-refractivity contribution in [3.8, 4) is 0 Å². The molecule has 1 atom stereocenters. The van der Waals surface area contributed by atoms with Gasteiger partial charge in [0.2, 0.25) is 5.91 Å². The van der Waals surface area contributed by atoms with Crippen LogP contribution in [0, 0.1) is 0 Å². The average molecular weight is 217 g/mol. The summed E-state index contributed by atoms with van der Waals surface area (Å²) in [6.07, 6.45) is 1.95. The Morgan fingerprint density at radius 3 is 3.07 bits per heavy atom. The van der Waals surface area contributed by atoms with Crippen LogP contribution >= 0.6 is 11.8 Å². The molecule has 4 nitrogen and oxygen atoms in total. The van der Waals surface area contributed by atoms with Gasteiger partial charge < -0.3 is 16.4 Å². The summed E-state index contributed by atoms with van der Waals surface area (Å²) in [6, 6.07) is 0.00614. The lowest BCUT2D eigenvalue weighted by molar-refractivity contribution is -0.122. The fourth-order valence-electron chi connectivity index (χ4n) is 1.34. The quantitative estimate of drug-likeness (QED) is 0.546. The smallest absolute Gasteiger partial charge is 0.237 e. The summed E-state index contributed by atoms with van der Waals surface area (Å²) >= 11 is 1.83. The van der Waals surface area contributed by atoms with E-state index in [9.17, 15) is 4.79 Å². The molecular weight excluding hydrogens is 198 g/mol. The van der Waals surface area contributed by atoms with Gasteiger partial charge in [-0.05, 0) is 19.4 Å². The van der Waals surface area contributed by atoms with Crippen molar-refractivity contribution in [1.82, 2.24) is 10.6 Å². The van der Waals surface area contributed by atoms with Crippen LogP contribution < -0.4 is 16.4 Å². The van der Waals surface area contributed by atoms with Crippen LogP contribution in [0.4, 0.5) is 0 Å². The lowest BCUT2D eigenvalue weighted by atomic mass is 10.2. The maximum absolute atomic E-state index is 11.5. The van der Waals surface area contributed by atoms with Crippen LogP contribution in [0.25, 0.3) is 0 Å². The molecule has 1 unspecified atom stereocenters. The Kier molecular flexibility index (Phi) is 5.98. The molecule has 0 aromatic rings. The first-order chi connectivity index (χ1) is 6.84. The number of rotatable bonds is 5. The summed E-state index contributed by atoms with van der Waals surface area (Å²) in [6.45, 7) is 2.39. The van der Waals surface area contributed by atoms with E-state index < -0.39 is 0 Å². The normalized spacial score (nSPS) is 21.9. The molecule has 0 aliphatic carbocycles. The zero-order valence-corrected chi connectivity index (χ0v) is 9.24. The molecule has 82 valence electrons. The van der Waals surface area contributed by atoms with Gasteiger partial charge in [-0.2, -0.15) is 11.8 Å². The van der Waals surface area contributed by atoms with Gasteiger partial charge >= 0.3 is 0 Å². The van der Waals surface area contributed by atoms with E-state index in [1.165, 1.54) is 0 Å². The molecule has 0 saturated carbocycles. The van der Waals surface area contributed by atoms with Crippen LogP contribution in [-0.2, 0) is 4.79 Å². The molecule has 0 spiro atoms. The van der Waals surface area contributed by atoms with Crippen molar-refractivity contribution in [3.05, 3.63) is 0 Å². The Balaban J connectivity index is 2.07. The number of hydrogen-bond donors (Lipinski definition) is 3. The van der Waals surface area contributed by atoms with Crippen LogP contribution in [0.5, 0.6) is 0 Å². The lowest BCUT2D eigenvalue weighted by Crippen LogP contribution is -2.49. The number of carbonyl (C=O) groups excluding carboxylic acids is 1. The van der Waals surface area contributed by atoms with Crippen molar-refractivity contribution >= 4 is 17.7 Å². The van der Waals surface area contributed by atoms with Crippen molar-refractivity contribution in [2.45, 2.75) is 18.9 Å². The van der Waals surface area contributed by atoms with E-state index in [0.29, 0.717) is 6.54 Å². The zero-order chi connectivity index (χ0) is 10.2. The molecule has 5 heteroatoms. The van der Waals surface area contributed by atoms with Gasteiger partial charge in [0.25, 0.3) is 0 Å². The van der Waals surface area contributed by atoms with E-state index in [2.05, 4.69) is 10.6 Å². The topological polar surface area (TPSA) is 67.1 Å². The minimum atomic E-state index is 0.00614. The molecule has 0 aromatic heterocycles. The Morgan fingerprint density at radius 2 is 2.43 bits per heavy atom. The number of nitrogens with one attached hydrogen (secondary N) is 2. The molecule has 1 rings (SSSR count). The van der Waals surface area contributed by atoms with E-state index in [-0.39, 0.29) is 11.9 Å². The molecule has 0 radical (unpaired) electrons. The van der Waals surface area contributed by atoms with Gasteiger partial charge in [-0.3, -0.25) is 4.79 Å². The molecule has 4 N–H and O–H groups in total. The van der Waals surface area contributed by atoms with Crippen LogP contribution in [0.2, 0.25) is 0 Å². The SMILES string of the molecule is NCCCCNC(=O)C1CSCCN1. The van der Waals surface area contributed by atoms with Crippen LogP contribution in [0.3, 0.4) is 0 Å². The van der Waals surface area contributed by atoms with Gasteiger partial charge in [0, 0.05) is 24.6 Å². The van der Waals surface area contributed by atoms with E-state index in [0.717, 1.165) is 37.4 Å². The third-order valence-corrected chi connectivity index (χ3v) is 3.23. The first kappa shape index (κ1) is 11.8. The Hall–Kier alpha value is -0.260. The number of thioether (sulfide) groups is 1. The highest BCUT2D eigenvalue weighted by atomic mass is 32.2. The van der Waals surface area contributed by atoms with Gasteiger partial charge in [0.15, 0.2) is 0 Å². The number of amides is 1. The second-order valence-electron chi connectivity index (χ2n) is 3.37. The Bertz CT molecular complexity index is 171. The Morgan fingerprint density at radius 1 is 1.57 bits per heavy atom. The van der Waals surface area contributed by atoms with E-state index >= 15 is 0 Å². The van der Waals surface area contributed by atoms with Crippen LogP contribution in [0.15, 0.2) is 0 Å². The summed E-state index contributed by atoms with van der Waals surface area (Å²) in [5, 5.41) is 6.12. The maximum atomic E-state index is 11.5.